The monoisotopic (exact) mass is 434 g/mol. The van der Waals surface area contributed by atoms with Crippen LogP contribution in [0, 0.1) is 5.92 Å². The summed E-state index contributed by atoms with van der Waals surface area (Å²) in [5.41, 5.74) is 1.14. The molecule has 2 heterocycles. The predicted molar refractivity (Wildman–Crippen MR) is 123 cm³/mol. The summed E-state index contributed by atoms with van der Waals surface area (Å²) in [5, 5.41) is 3.62. The molecule has 0 spiro atoms. The molecule has 4 rings (SSSR count). The van der Waals surface area contributed by atoms with Crippen molar-refractivity contribution in [1.29, 1.82) is 0 Å². The Kier molecular flexibility index (Phi) is 6.20. The van der Waals surface area contributed by atoms with Crippen LogP contribution in [-0.2, 0) is 16.1 Å². The second kappa shape index (κ2) is 9.21. The smallest absolute Gasteiger partial charge is 0.350 e. The molecule has 8 nitrogen and oxygen atoms in total. The number of fused-ring (bicyclic) bond motifs is 1. The molecular formula is C24H26N4O4. The van der Waals surface area contributed by atoms with Crippen molar-refractivity contribution in [2.75, 3.05) is 30.4 Å². The quantitative estimate of drug-likeness (QED) is 0.621. The molecule has 1 aliphatic heterocycles. The third-order valence-corrected chi connectivity index (χ3v) is 5.84. The number of hydrogen-bond acceptors (Lipinski definition) is 6. The molecule has 8 heteroatoms. The number of esters is 1. The van der Waals surface area contributed by atoms with Crippen LogP contribution in [0.15, 0.2) is 53.3 Å². The summed E-state index contributed by atoms with van der Waals surface area (Å²) < 4.78 is 6.07. The van der Waals surface area contributed by atoms with E-state index in [0.717, 1.165) is 31.3 Å². The van der Waals surface area contributed by atoms with E-state index in [1.165, 1.54) is 11.7 Å². The number of aromatic nitrogens is 2. The number of nitrogens with one attached hydrogen (secondary N) is 1. The molecule has 32 heavy (non-hydrogen) atoms. The fraction of sp³-hybridized carbons (Fsp3) is 0.333. The molecule has 1 fully saturated rings. The van der Waals surface area contributed by atoms with Crippen molar-refractivity contribution in [2.45, 2.75) is 26.3 Å². The largest absolute Gasteiger partial charge is 0.465 e. The van der Waals surface area contributed by atoms with Crippen molar-refractivity contribution < 1.29 is 14.3 Å². The molecule has 1 N–H and O–H groups in total. The number of hydrogen-bond donors (Lipinski definition) is 1. The fourth-order valence-electron chi connectivity index (χ4n) is 3.98. The summed E-state index contributed by atoms with van der Waals surface area (Å²) in [4.78, 5) is 43.6. The highest BCUT2D eigenvalue weighted by Crippen LogP contribution is 2.27. The number of anilines is 2. The van der Waals surface area contributed by atoms with Crippen molar-refractivity contribution in [3.8, 4) is 0 Å². The molecule has 2 aromatic carbocycles. The normalized spacial score (nSPS) is 14.4. The lowest BCUT2D eigenvalue weighted by Gasteiger charge is -2.32. The Bertz CT molecular complexity index is 1190. The van der Waals surface area contributed by atoms with Crippen LogP contribution in [0.3, 0.4) is 0 Å². The number of piperidine rings is 1. The number of amides is 1. The summed E-state index contributed by atoms with van der Waals surface area (Å²) in [7, 11) is 1.31. The highest BCUT2D eigenvalue weighted by Gasteiger charge is 2.21. The highest BCUT2D eigenvalue weighted by atomic mass is 16.5. The number of methoxy groups -OCH3 is 1. The van der Waals surface area contributed by atoms with Crippen LogP contribution in [0.25, 0.3) is 10.9 Å². The summed E-state index contributed by atoms with van der Waals surface area (Å²) in [5.74, 6) is 0.551. The molecule has 0 aliphatic carbocycles. The predicted octanol–water partition coefficient (Wildman–Crippen LogP) is 3.06. The Morgan fingerprint density at radius 2 is 1.78 bits per heavy atom. The summed E-state index contributed by atoms with van der Waals surface area (Å²) in [6.45, 7) is 3.80. The van der Waals surface area contributed by atoms with Gasteiger partial charge < -0.3 is 15.0 Å². The van der Waals surface area contributed by atoms with Gasteiger partial charge in [-0.1, -0.05) is 19.1 Å². The maximum atomic E-state index is 12.9. The lowest BCUT2D eigenvalue weighted by atomic mass is 9.99. The van der Waals surface area contributed by atoms with Gasteiger partial charge in [0, 0.05) is 24.2 Å². The van der Waals surface area contributed by atoms with E-state index >= 15 is 0 Å². The van der Waals surface area contributed by atoms with Gasteiger partial charge in [-0.3, -0.25) is 9.36 Å². The third kappa shape index (κ3) is 4.49. The van der Waals surface area contributed by atoms with E-state index in [1.54, 1.807) is 24.3 Å². The van der Waals surface area contributed by atoms with Crippen LogP contribution in [-0.4, -0.2) is 41.6 Å². The minimum atomic E-state index is -0.450. The van der Waals surface area contributed by atoms with Gasteiger partial charge in [-0.05, 0) is 55.2 Å². The van der Waals surface area contributed by atoms with Crippen molar-refractivity contribution in [1.82, 2.24) is 9.55 Å². The van der Waals surface area contributed by atoms with Crippen molar-refractivity contribution in [3.05, 3.63) is 64.6 Å². The van der Waals surface area contributed by atoms with E-state index in [4.69, 9.17) is 0 Å². The van der Waals surface area contributed by atoms with Crippen LogP contribution in [0.5, 0.6) is 0 Å². The first-order valence-corrected chi connectivity index (χ1v) is 10.7. The second-order valence-electron chi connectivity index (χ2n) is 8.11. The SMILES string of the molecule is COC(=O)c1ccc(NC(=O)Cn2c(=O)nc(N3CCC(C)CC3)c3ccccc32)cc1. The summed E-state index contributed by atoms with van der Waals surface area (Å²) in [6, 6.07) is 13.9. The van der Waals surface area contributed by atoms with E-state index in [2.05, 4.69) is 26.9 Å². The van der Waals surface area contributed by atoms with E-state index in [1.807, 2.05) is 24.3 Å². The van der Waals surface area contributed by atoms with Crippen molar-refractivity contribution in [3.63, 3.8) is 0 Å². The van der Waals surface area contributed by atoms with Gasteiger partial charge >= 0.3 is 11.7 Å². The first-order valence-electron chi connectivity index (χ1n) is 10.7. The average Bonchev–Trinajstić information content (AvgIpc) is 2.81. The first-order chi connectivity index (χ1) is 15.5. The van der Waals surface area contributed by atoms with Gasteiger partial charge in [-0.25, -0.2) is 9.59 Å². The Morgan fingerprint density at radius 3 is 2.47 bits per heavy atom. The maximum absolute atomic E-state index is 12.9. The van der Waals surface area contributed by atoms with E-state index in [9.17, 15) is 14.4 Å². The summed E-state index contributed by atoms with van der Waals surface area (Å²) >= 11 is 0. The van der Waals surface area contributed by atoms with Gasteiger partial charge in [-0.15, -0.1) is 0 Å². The van der Waals surface area contributed by atoms with Gasteiger partial charge in [0.1, 0.15) is 12.4 Å². The Morgan fingerprint density at radius 1 is 1.09 bits per heavy atom. The van der Waals surface area contributed by atoms with Crippen molar-refractivity contribution >= 4 is 34.3 Å². The van der Waals surface area contributed by atoms with Crippen LogP contribution in [0.1, 0.15) is 30.1 Å². The van der Waals surface area contributed by atoms with Gasteiger partial charge in [0.05, 0.1) is 18.2 Å². The number of carbonyl (C=O) groups is 2. The van der Waals surface area contributed by atoms with Crippen LogP contribution >= 0.6 is 0 Å². The number of rotatable bonds is 5. The lowest BCUT2D eigenvalue weighted by Crippen LogP contribution is -2.37. The molecule has 1 aliphatic rings. The molecule has 0 radical (unpaired) electrons. The Labute approximate surface area is 185 Å². The van der Waals surface area contributed by atoms with Crippen molar-refractivity contribution in [2.24, 2.45) is 5.92 Å². The molecular weight excluding hydrogens is 408 g/mol. The van der Waals surface area contributed by atoms with Crippen LogP contribution < -0.4 is 15.9 Å². The molecule has 0 unspecified atom stereocenters. The molecule has 0 atom stereocenters. The van der Waals surface area contributed by atoms with E-state index in [0.29, 0.717) is 28.5 Å². The van der Waals surface area contributed by atoms with Gasteiger partial charge in [0.15, 0.2) is 0 Å². The molecule has 166 valence electrons. The number of nitrogens with zero attached hydrogens (tertiary/aromatic N) is 3. The molecule has 3 aromatic rings. The maximum Gasteiger partial charge on any atom is 0.350 e. The minimum absolute atomic E-state index is 0.164. The zero-order valence-electron chi connectivity index (χ0n) is 18.2. The topological polar surface area (TPSA) is 93.5 Å². The molecule has 1 aromatic heterocycles. The molecule has 0 saturated carbocycles. The molecule has 1 saturated heterocycles. The van der Waals surface area contributed by atoms with Crippen LogP contribution in [0.4, 0.5) is 11.5 Å². The number of carbonyl (C=O) groups excluding carboxylic acids is 2. The molecule has 1 amide bonds. The average molecular weight is 434 g/mol. The fourth-order valence-corrected chi connectivity index (χ4v) is 3.98. The van der Waals surface area contributed by atoms with Gasteiger partial charge in [0.25, 0.3) is 0 Å². The summed E-state index contributed by atoms with van der Waals surface area (Å²) in [6.07, 6.45) is 2.13. The second-order valence-corrected chi connectivity index (χ2v) is 8.11. The van der Waals surface area contributed by atoms with Gasteiger partial charge in [0.2, 0.25) is 5.91 Å². The number of para-hydroxylation sites is 1. The van der Waals surface area contributed by atoms with Crippen LogP contribution in [0.2, 0.25) is 0 Å². The number of ether oxygens (including phenoxy) is 1. The molecule has 0 bridgehead atoms. The lowest BCUT2D eigenvalue weighted by molar-refractivity contribution is -0.116. The highest BCUT2D eigenvalue weighted by molar-refractivity contribution is 5.95. The zero-order valence-corrected chi connectivity index (χ0v) is 18.2. The number of benzene rings is 2. The van der Waals surface area contributed by atoms with Gasteiger partial charge in [-0.2, -0.15) is 4.98 Å². The standard InChI is InChI=1S/C24H26N4O4/c1-16-11-13-27(14-12-16)22-19-5-3-4-6-20(19)28(24(31)26-22)15-21(29)25-18-9-7-17(8-10-18)23(30)32-2/h3-10,16H,11-15H2,1-2H3,(H,25,29). The van der Waals surface area contributed by atoms with E-state index in [-0.39, 0.29) is 12.5 Å². The third-order valence-electron chi connectivity index (χ3n) is 5.84. The first kappa shape index (κ1) is 21.5. The van der Waals surface area contributed by atoms with E-state index < -0.39 is 11.7 Å². The Balaban J connectivity index is 1.57. The zero-order chi connectivity index (χ0) is 22.7. The minimum Gasteiger partial charge on any atom is -0.465 e. The Hall–Kier alpha value is -3.68.